The largest absolute Gasteiger partial charge is 0.481 e. The Morgan fingerprint density at radius 3 is 2.53 bits per heavy atom. The maximum atomic E-state index is 11.4. The summed E-state index contributed by atoms with van der Waals surface area (Å²) >= 11 is 0. The van der Waals surface area contributed by atoms with Gasteiger partial charge in [-0.05, 0) is 23.1 Å². The van der Waals surface area contributed by atoms with Gasteiger partial charge in [-0.2, -0.15) is 0 Å². The molecule has 0 bridgehead atoms. The van der Waals surface area contributed by atoms with Crippen molar-refractivity contribution < 1.29 is 19.4 Å². The molecule has 1 N–H and O–H groups in total. The highest BCUT2D eigenvalue weighted by atomic mass is 16.7. The van der Waals surface area contributed by atoms with Crippen LogP contribution in [0.3, 0.4) is 0 Å². The van der Waals surface area contributed by atoms with Crippen molar-refractivity contribution in [2.75, 3.05) is 6.79 Å². The van der Waals surface area contributed by atoms with E-state index in [1.165, 1.54) is 0 Å². The Labute approximate surface area is 100 Å². The summed E-state index contributed by atoms with van der Waals surface area (Å²) in [5.74, 6) is -0.0850. The lowest BCUT2D eigenvalue weighted by Gasteiger charge is -2.27. The van der Waals surface area contributed by atoms with Crippen molar-refractivity contribution in [1.29, 1.82) is 0 Å². The zero-order valence-corrected chi connectivity index (χ0v) is 10.2. The summed E-state index contributed by atoms with van der Waals surface area (Å²) in [5.41, 5.74) is 0.397. The molecule has 1 atom stereocenters. The van der Waals surface area contributed by atoms with Crippen molar-refractivity contribution in [2.45, 2.75) is 26.7 Å². The second-order valence-electron chi connectivity index (χ2n) is 5.25. The zero-order chi connectivity index (χ0) is 12.6. The van der Waals surface area contributed by atoms with E-state index in [0.29, 0.717) is 11.5 Å². The second-order valence-corrected chi connectivity index (χ2v) is 5.25. The van der Waals surface area contributed by atoms with Crippen molar-refractivity contribution in [2.24, 2.45) is 5.41 Å². The maximum Gasteiger partial charge on any atom is 0.311 e. The SMILES string of the molecule is CC(C)(C)C(C(=O)O)c1ccc2c(c1)OCO2. The predicted octanol–water partition coefficient (Wildman–Crippen LogP) is 2.63. The molecule has 2 rings (SSSR count). The molecule has 0 aliphatic carbocycles. The Morgan fingerprint density at radius 1 is 1.29 bits per heavy atom. The first-order valence-corrected chi connectivity index (χ1v) is 5.52. The van der Waals surface area contributed by atoms with E-state index in [0.717, 1.165) is 5.56 Å². The molecule has 1 aliphatic rings. The van der Waals surface area contributed by atoms with Crippen LogP contribution in [0.1, 0.15) is 32.3 Å². The van der Waals surface area contributed by atoms with Crippen LogP contribution in [0.5, 0.6) is 11.5 Å². The lowest BCUT2D eigenvalue weighted by atomic mass is 9.76. The van der Waals surface area contributed by atoms with Crippen LogP contribution >= 0.6 is 0 Å². The van der Waals surface area contributed by atoms with Gasteiger partial charge < -0.3 is 14.6 Å². The molecule has 0 fully saturated rings. The van der Waals surface area contributed by atoms with E-state index in [2.05, 4.69) is 0 Å². The number of carbonyl (C=O) groups is 1. The van der Waals surface area contributed by atoms with E-state index in [4.69, 9.17) is 9.47 Å². The van der Waals surface area contributed by atoms with E-state index < -0.39 is 11.9 Å². The first-order valence-electron chi connectivity index (χ1n) is 5.52. The Bertz CT molecular complexity index is 445. The van der Waals surface area contributed by atoms with Gasteiger partial charge in [0.15, 0.2) is 11.5 Å². The summed E-state index contributed by atoms with van der Waals surface area (Å²) in [7, 11) is 0. The molecule has 17 heavy (non-hydrogen) atoms. The van der Waals surface area contributed by atoms with Crippen molar-refractivity contribution in [1.82, 2.24) is 0 Å². The Balaban J connectivity index is 2.41. The summed E-state index contributed by atoms with van der Waals surface area (Å²) in [6, 6.07) is 5.31. The number of rotatable bonds is 2. The van der Waals surface area contributed by atoms with Crippen molar-refractivity contribution >= 4 is 5.97 Å². The fraction of sp³-hybridized carbons (Fsp3) is 0.462. The minimum atomic E-state index is -0.823. The summed E-state index contributed by atoms with van der Waals surface area (Å²) in [6.45, 7) is 5.94. The monoisotopic (exact) mass is 236 g/mol. The minimum Gasteiger partial charge on any atom is -0.481 e. The topological polar surface area (TPSA) is 55.8 Å². The smallest absolute Gasteiger partial charge is 0.311 e. The summed E-state index contributed by atoms with van der Waals surface area (Å²) in [5, 5.41) is 9.34. The van der Waals surface area contributed by atoms with Crippen LogP contribution in [0.4, 0.5) is 0 Å². The second kappa shape index (κ2) is 3.95. The van der Waals surface area contributed by atoms with Crippen molar-refractivity contribution in [3.05, 3.63) is 23.8 Å². The van der Waals surface area contributed by atoms with E-state index in [1.54, 1.807) is 18.2 Å². The average Bonchev–Trinajstić information content (AvgIpc) is 2.61. The fourth-order valence-electron chi connectivity index (χ4n) is 2.11. The molecule has 92 valence electrons. The van der Waals surface area contributed by atoms with Gasteiger partial charge in [-0.15, -0.1) is 0 Å². The third-order valence-corrected chi connectivity index (χ3v) is 2.84. The number of benzene rings is 1. The van der Waals surface area contributed by atoms with Gasteiger partial charge in [0.2, 0.25) is 6.79 Å². The lowest BCUT2D eigenvalue weighted by Crippen LogP contribution is -2.26. The normalized spacial score (nSPS) is 15.7. The quantitative estimate of drug-likeness (QED) is 0.857. The molecule has 0 saturated heterocycles. The predicted molar refractivity (Wildman–Crippen MR) is 62.4 cm³/mol. The van der Waals surface area contributed by atoms with E-state index in [9.17, 15) is 9.90 Å². The average molecular weight is 236 g/mol. The van der Waals surface area contributed by atoms with Crippen LogP contribution in [0.2, 0.25) is 0 Å². The Kier molecular flexibility index (Phi) is 2.73. The minimum absolute atomic E-state index is 0.200. The number of ether oxygens (including phenoxy) is 2. The molecule has 1 unspecified atom stereocenters. The third kappa shape index (κ3) is 2.20. The highest BCUT2D eigenvalue weighted by Gasteiger charge is 2.33. The van der Waals surface area contributed by atoms with Crippen molar-refractivity contribution in [3.8, 4) is 11.5 Å². The van der Waals surface area contributed by atoms with E-state index in [-0.39, 0.29) is 12.2 Å². The number of carboxylic acids is 1. The number of aliphatic carboxylic acids is 1. The van der Waals surface area contributed by atoms with Gasteiger partial charge in [-0.25, -0.2) is 0 Å². The number of hydrogen-bond acceptors (Lipinski definition) is 3. The Morgan fingerprint density at radius 2 is 1.94 bits per heavy atom. The highest BCUT2D eigenvalue weighted by Crippen LogP contribution is 2.40. The molecule has 0 saturated carbocycles. The summed E-state index contributed by atoms with van der Waals surface area (Å²) < 4.78 is 10.5. The molecule has 0 amide bonds. The molecule has 1 aliphatic heterocycles. The first kappa shape index (κ1) is 11.8. The van der Waals surface area contributed by atoms with Gasteiger partial charge in [0, 0.05) is 0 Å². The number of fused-ring (bicyclic) bond motifs is 1. The molecule has 1 heterocycles. The number of carboxylic acid groups (broad SMARTS) is 1. The van der Waals surface area contributed by atoms with Crippen LogP contribution in [-0.4, -0.2) is 17.9 Å². The zero-order valence-electron chi connectivity index (χ0n) is 10.2. The molecular weight excluding hydrogens is 220 g/mol. The van der Waals surface area contributed by atoms with Gasteiger partial charge in [0.1, 0.15) is 0 Å². The van der Waals surface area contributed by atoms with E-state index >= 15 is 0 Å². The molecule has 1 aromatic rings. The molecule has 4 nitrogen and oxygen atoms in total. The van der Waals surface area contributed by atoms with Gasteiger partial charge in [0.25, 0.3) is 0 Å². The van der Waals surface area contributed by atoms with E-state index in [1.807, 2.05) is 20.8 Å². The maximum absolute atomic E-state index is 11.4. The van der Waals surface area contributed by atoms with Crippen LogP contribution in [0.15, 0.2) is 18.2 Å². The van der Waals surface area contributed by atoms with Gasteiger partial charge in [-0.3, -0.25) is 4.79 Å². The molecule has 0 spiro atoms. The Hall–Kier alpha value is -1.71. The van der Waals surface area contributed by atoms with Crippen LogP contribution in [0.25, 0.3) is 0 Å². The molecular formula is C13H16O4. The molecule has 1 aromatic carbocycles. The van der Waals surface area contributed by atoms with Crippen LogP contribution in [0, 0.1) is 5.41 Å². The summed E-state index contributed by atoms with van der Waals surface area (Å²) in [6.07, 6.45) is 0. The van der Waals surface area contributed by atoms with Gasteiger partial charge >= 0.3 is 5.97 Å². The summed E-state index contributed by atoms with van der Waals surface area (Å²) in [4.78, 5) is 11.4. The van der Waals surface area contributed by atoms with Gasteiger partial charge in [-0.1, -0.05) is 26.8 Å². The van der Waals surface area contributed by atoms with Crippen molar-refractivity contribution in [3.63, 3.8) is 0 Å². The third-order valence-electron chi connectivity index (χ3n) is 2.84. The van der Waals surface area contributed by atoms with Gasteiger partial charge in [0.05, 0.1) is 5.92 Å². The standard InChI is InChI=1S/C13H16O4/c1-13(2,3)11(12(14)15)8-4-5-9-10(6-8)17-7-16-9/h4-6,11H,7H2,1-3H3,(H,14,15). The molecule has 0 aromatic heterocycles. The van der Waals surface area contributed by atoms with Crippen LogP contribution < -0.4 is 9.47 Å². The molecule has 4 heteroatoms. The molecule has 0 radical (unpaired) electrons. The fourth-order valence-corrected chi connectivity index (χ4v) is 2.11. The van der Waals surface area contributed by atoms with Crippen LogP contribution in [-0.2, 0) is 4.79 Å². The lowest BCUT2D eigenvalue weighted by molar-refractivity contribution is -0.141. The first-order chi connectivity index (χ1) is 7.89. The highest BCUT2D eigenvalue weighted by molar-refractivity contribution is 5.77. The number of hydrogen-bond donors (Lipinski definition) is 1.